The Balaban J connectivity index is 1.53. The Hall–Kier alpha value is -4.64. The van der Waals surface area contributed by atoms with Crippen molar-refractivity contribution >= 4 is 29.2 Å². The van der Waals surface area contributed by atoms with E-state index in [2.05, 4.69) is 21.5 Å². The number of benzene rings is 2. The number of nitrogens with one attached hydrogen (secondary N) is 3. The maximum Gasteiger partial charge on any atom is 0.259 e. The quantitative estimate of drug-likeness (QED) is 0.289. The van der Waals surface area contributed by atoms with Gasteiger partial charge in [-0.25, -0.2) is 4.98 Å². The number of para-hydroxylation sites is 1. The zero-order valence-electron chi connectivity index (χ0n) is 19.3. The number of nitrogens with zero attached hydrogens (tertiary/aromatic N) is 2. The first-order chi connectivity index (χ1) is 17.0. The highest BCUT2D eigenvalue weighted by molar-refractivity contribution is 6.13. The van der Waals surface area contributed by atoms with Crippen molar-refractivity contribution in [3.05, 3.63) is 83.0 Å². The third-order valence-electron chi connectivity index (χ3n) is 5.74. The second kappa shape index (κ2) is 10.5. The molecule has 0 radical (unpaired) electrons. The van der Waals surface area contributed by atoms with Gasteiger partial charge in [-0.2, -0.15) is 0 Å². The van der Waals surface area contributed by atoms with E-state index in [1.165, 1.54) is 13.3 Å². The van der Waals surface area contributed by atoms with Crippen LogP contribution in [-0.4, -0.2) is 47.7 Å². The normalized spacial score (nSPS) is 12.5. The van der Waals surface area contributed by atoms with Crippen LogP contribution in [0.5, 0.6) is 5.75 Å². The molecule has 8 heteroatoms. The van der Waals surface area contributed by atoms with Crippen LogP contribution in [0.4, 0.5) is 11.5 Å². The van der Waals surface area contributed by atoms with Crippen LogP contribution in [-0.2, 0) is 0 Å². The number of amidine groups is 1. The zero-order chi connectivity index (χ0) is 24.8. The van der Waals surface area contributed by atoms with Crippen molar-refractivity contribution in [2.24, 2.45) is 0 Å². The molecule has 1 fully saturated rings. The molecule has 2 aromatic carbocycles. The molecule has 35 heavy (non-hydrogen) atoms. The standard InChI is InChI=1S/C27H25N5O3/c1-3-18-9-14-23(29-17-18)30-27(34)21-7-6-8-22(35-2)24(21)31-26(33)20-12-10-19(11-13-20)25(28)32-15-4-5-16-32/h1,6-14,17,28H,4-5,15-16H2,2H3,(H,31,33)(H,29,30,34). The van der Waals surface area contributed by atoms with Crippen LogP contribution >= 0.6 is 0 Å². The van der Waals surface area contributed by atoms with Gasteiger partial charge in [0.1, 0.15) is 17.4 Å². The number of anilines is 2. The summed E-state index contributed by atoms with van der Waals surface area (Å²) in [5.41, 5.74) is 2.20. The number of terminal acetylenes is 1. The van der Waals surface area contributed by atoms with Gasteiger partial charge in [0.2, 0.25) is 0 Å². The Morgan fingerprint density at radius 1 is 1.00 bits per heavy atom. The van der Waals surface area contributed by atoms with E-state index in [0.29, 0.717) is 28.5 Å². The minimum Gasteiger partial charge on any atom is -0.495 e. The summed E-state index contributed by atoms with van der Waals surface area (Å²) in [4.78, 5) is 32.2. The summed E-state index contributed by atoms with van der Waals surface area (Å²) in [5, 5.41) is 13.9. The minimum atomic E-state index is -0.463. The number of aromatic nitrogens is 1. The van der Waals surface area contributed by atoms with Crippen LogP contribution < -0.4 is 15.4 Å². The van der Waals surface area contributed by atoms with E-state index in [1.807, 2.05) is 4.90 Å². The molecule has 8 nitrogen and oxygen atoms in total. The fraction of sp³-hybridized carbons (Fsp3) is 0.185. The van der Waals surface area contributed by atoms with E-state index >= 15 is 0 Å². The molecule has 1 aromatic heterocycles. The largest absolute Gasteiger partial charge is 0.495 e. The number of likely N-dealkylation sites (tertiary alicyclic amines) is 1. The predicted octanol–water partition coefficient (Wildman–Crippen LogP) is 4.00. The van der Waals surface area contributed by atoms with Crippen LogP contribution in [0.15, 0.2) is 60.8 Å². The van der Waals surface area contributed by atoms with Crippen LogP contribution in [0.2, 0.25) is 0 Å². The summed E-state index contributed by atoms with van der Waals surface area (Å²) < 4.78 is 5.39. The molecule has 0 saturated carbocycles. The van der Waals surface area contributed by atoms with Crippen molar-refractivity contribution in [3.8, 4) is 18.1 Å². The smallest absolute Gasteiger partial charge is 0.259 e. The van der Waals surface area contributed by atoms with Crippen molar-refractivity contribution in [2.75, 3.05) is 30.8 Å². The van der Waals surface area contributed by atoms with Gasteiger partial charge in [-0.15, -0.1) is 6.42 Å². The monoisotopic (exact) mass is 467 g/mol. The molecular formula is C27H25N5O3. The molecule has 4 rings (SSSR count). The third-order valence-corrected chi connectivity index (χ3v) is 5.74. The molecular weight excluding hydrogens is 442 g/mol. The first-order valence-corrected chi connectivity index (χ1v) is 11.2. The van der Waals surface area contributed by atoms with Gasteiger partial charge < -0.3 is 20.3 Å². The molecule has 2 amide bonds. The number of carbonyl (C=O) groups is 2. The first-order valence-electron chi connectivity index (χ1n) is 11.2. The topological polar surface area (TPSA) is 107 Å². The van der Waals surface area contributed by atoms with Crippen LogP contribution in [0.25, 0.3) is 0 Å². The number of hydrogen-bond donors (Lipinski definition) is 3. The highest BCUT2D eigenvalue weighted by Gasteiger charge is 2.20. The molecule has 3 aromatic rings. The van der Waals surface area contributed by atoms with Crippen LogP contribution in [0, 0.1) is 17.8 Å². The maximum absolute atomic E-state index is 13.0. The molecule has 2 heterocycles. The van der Waals surface area contributed by atoms with Gasteiger partial charge in [0.15, 0.2) is 0 Å². The number of ether oxygens (including phenoxy) is 1. The molecule has 0 bridgehead atoms. The molecule has 176 valence electrons. The van der Waals surface area contributed by atoms with Gasteiger partial charge >= 0.3 is 0 Å². The number of hydrogen-bond acceptors (Lipinski definition) is 5. The molecule has 0 unspecified atom stereocenters. The lowest BCUT2D eigenvalue weighted by Crippen LogP contribution is -2.27. The van der Waals surface area contributed by atoms with E-state index < -0.39 is 11.8 Å². The van der Waals surface area contributed by atoms with E-state index in [4.69, 9.17) is 16.6 Å². The molecule has 3 N–H and O–H groups in total. The zero-order valence-corrected chi connectivity index (χ0v) is 19.3. The summed E-state index contributed by atoms with van der Waals surface area (Å²) in [6.07, 6.45) is 9.00. The molecule has 1 aliphatic heterocycles. The second-order valence-electron chi connectivity index (χ2n) is 7.99. The van der Waals surface area contributed by atoms with Crippen LogP contribution in [0.3, 0.4) is 0 Å². The fourth-order valence-corrected chi connectivity index (χ4v) is 3.84. The van der Waals surface area contributed by atoms with Crippen molar-refractivity contribution in [1.82, 2.24) is 9.88 Å². The van der Waals surface area contributed by atoms with Gasteiger partial charge in [0.05, 0.1) is 18.4 Å². The number of carbonyl (C=O) groups excluding carboxylic acids is 2. The summed E-state index contributed by atoms with van der Waals surface area (Å²) in [7, 11) is 1.46. The molecule has 0 spiro atoms. The Morgan fingerprint density at radius 2 is 1.71 bits per heavy atom. The maximum atomic E-state index is 13.0. The summed E-state index contributed by atoms with van der Waals surface area (Å²) in [6.45, 7) is 1.76. The molecule has 0 atom stereocenters. The predicted molar refractivity (Wildman–Crippen MR) is 135 cm³/mol. The fourth-order valence-electron chi connectivity index (χ4n) is 3.84. The van der Waals surface area contributed by atoms with Gasteiger partial charge in [-0.05, 0) is 49.2 Å². The van der Waals surface area contributed by atoms with E-state index in [9.17, 15) is 9.59 Å². The van der Waals surface area contributed by atoms with E-state index in [1.54, 1.807) is 54.6 Å². The molecule has 0 aliphatic carbocycles. The van der Waals surface area contributed by atoms with Crippen molar-refractivity contribution in [2.45, 2.75) is 12.8 Å². The summed E-state index contributed by atoms with van der Waals surface area (Å²) in [6, 6.07) is 15.0. The average molecular weight is 468 g/mol. The third kappa shape index (κ3) is 5.31. The molecule has 1 saturated heterocycles. The number of amides is 2. The Morgan fingerprint density at radius 3 is 2.34 bits per heavy atom. The number of methoxy groups -OCH3 is 1. The minimum absolute atomic E-state index is 0.216. The summed E-state index contributed by atoms with van der Waals surface area (Å²) in [5.74, 6) is 2.73. The Labute approximate surface area is 203 Å². The number of rotatable bonds is 6. The van der Waals surface area contributed by atoms with Gasteiger partial charge in [0.25, 0.3) is 11.8 Å². The summed E-state index contributed by atoms with van der Waals surface area (Å²) >= 11 is 0. The Bertz CT molecular complexity index is 1290. The van der Waals surface area contributed by atoms with E-state index in [0.717, 1.165) is 31.5 Å². The van der Waals surface area contributed by atoms with Gasteiger partial charge in [-0.1, -0.05) is 24.1 Å². The van der Waals surface area contributed by atoms with Gasteiger partial charge in [0, 0.05) is 36.0 Å². The van der Waals surface area contributed by atoms with Crippen molar-refractivity contribution in [3.63, 3.8) is 0 Å². The Kier molecular flexibility index (Phi) is 7.07. The lowest BCUT2D eigenvalue weighted by Gasteiger charge is -2.18. The molecule has 1 aliphatic rings. The number of pyridine rings is 1. The van der Waals surface area contributed by atoms with E-state index in [-0.39, 0.29) is 11.3 Å². The lowest BCUT2D eigenvalue weighted by molar-refractivity contribution is 0.102. The first kappa shape index (κ1) is 23.5. The highest BCUT2D eigenvalue weighted by atomic mass is 16.5. The SMILES string of the molecule is C#Cc1ccc(NC(=O)c2cccc(OC)c2NC(=O)c2ccc(C(=N)N3CCCC3)cc2)nc1. The van der Waals surface area contributed by atoms with Crippen molar-refractivity contribution < 1.29 is 14.3 Å². The van der Waals surface area contributed by atoms with Crippen molar-refractivity contribution in [1.29, 1.82) is 5.41 Å². The van der Waals surface area contributed by atoms with Gasteiger partial charge in [-0.3, -0.25) is 15.0 Å². The highest BCUT2D eigenvalue weighted by Crippen LogP contribution is 2.29. The van der Waals surface area contributed by atoms with Crippen LogP contribution in [0.1, 0.15) is 44.7 Å². The average Bonchev–Trinajstić information content (AvgIpc) is 3.44. The second-order valence-corrected chi connectivity index (χ2v) is 7.99. The lowest BCUT2D eigenvalue weighted by atomic mass is 10.1.